The summed E-state index contributed by atoms with van der Waals surface area (Å²) in [4.78, 5) is 27.4. The van der Waals surface area contributed by atoms with Crippen LogP contribution in [-0.4, -0.2) is 29.8 Å². The van der Waals surface area contributed by atoms with Crippen molar-refractivity contribution in [3.8, 4) is 0 Å². The van der Waals surface area contributed by atoms with E-state index in [1.165, 1.54) is 6.92 Å². The second-order valence-corrected chi connectivity index (χ2v) is 5.00. The van der Waals surface area contributed by atoms with Crippen molar-refractivity contribution in [2.75, 3.05) is 6.61 Å². The second kappa shape index (κ2) is 5.76. The van der Waals surface area contributed by atoms with Crippen molar-refractivity contribution in [3.05, 3.63) is 42.5 Å². The van der Waals surface area contributed by atoms with Crippen LogP contribution in [0.15, 0.2) is 17.0 Å². The first-order chi connectivity index (χ1) is 9.61. The molecule has 0 saturated carbocycles. The molecule has 0 unspecified atom stereocenters. The van der Waals surface area contributed by atoms with Crippen molar-refractivity contribution in [2.45, 2.75) is 11.8 Å². The molecule has 0 radical (unpaired) electrons. The highest BCUT2D eigenvalue weighted by Crippen LogP contribution is 2.37. The minimum Gasteiger partial charge on any atom is -0.266 e. The number of hydrogen-bond acceptors (Lipinski definition) is 9. The van der Waals surface area contributed by atoms with Gasteiger partial charge in [-0.1, -0.05) is 0 Å². The summed E-state index contributed by atoms with van der Waals surface area (Å²) < 4.78 is 27.8. The third-order valence-electron chi connectivity index (χ3n) is 2.16. The maximum absolute atomic E-state index is 11.8. The Labute approximate surface area is 116 Å². The predicted molar refractivity (Wildman–Crippen MR) is 65.2 cm³/mol. The Balaban J connectivity index is 3.87. The Morgan fingerprint density at radius 2 is 1.43 bits per heavy atom. The molecular formula is C8H7N3O9S. The van der Waals surface area contributed by atoms with Crippen LogP contribution in [-0.2, 0) is 14.3 Å². The molecule has 13 heteroatoms. The highest BCUT2D eigenvalue weighted by atomic mass is 32.2. The third-order valence-corrected chi connectivity index (χ3v) is 3.63. The van der Waals surface area contributed by atoms with Crippen LogP contribution in [0.3, 0.4) is 0 Å². The van der Waals surface area contributed by atoms with E-state index in [0.29, 0.717) is 12.1 Å². The van der Waals surface area contributed by atoms with Crippen LogP contribution in [0.5, 0.6) is 0 Å². The zero-order valence-electron chi connectivity index (χ0n) is 10.3. The molecule has 1 rings (SSSR count). The molecule has 1 aromatic rings. The molecule has 0 aliphatic heterocycles. The quantitative estimate of drug-likeness (QED) is 0.422. The summed E-state index contributed by atoms with van der Waals surface area (Å²) in [5.74, 6) is 0. The standard InChI is InChI=1S/C8H7N3O9S/c1-2-20-21(18,19)8-6(10(14)15)3-5(9(12)13)4-7(8)11(16)17/h3-4H,2H2,1H3. The summed E-state index contributed by atoms with van der Waals surface area (Å²) in [5.41, 5.74) is -3.59. The van der Waals surface area contributed by atoms with Gasteiger partial charge in [-0.25, -0.2) is 0 Å². The molecule has 0 spiro atoms. The molecule has 21 heavy (non-hydrogen) atoms. The fourth-order valence-corrected chi connectivity index (χ4v) is 2.64. The third kappa shape index (κ3) is 3.26. The van der Waals surface area contributed by atoms with E-state index in [1.54, 1.807) is 0 Å². The van der Waals surface area contributed by atoms with E-state index >= 15 is 0 Å². The van der Waals surface area contributed by atoms with Crippen LogP contribution >= 0.6 is 0 Å². The van der Waals surface area contributed by atoms with Gasteiger partial charge in [0.1, 0.15) is 0 Å². The Kier molecular flexibility index (Phi) is 4.49. The van der Waals surface area contributed by atoms with Crippen molar-refractivity contribution in [1.82, 2.24) is 0 Å². The molecule has 0 aromatic heterocycles. The summed E-state index contributed by atoms with van der Waals surface area (Å²) in [7, 11) is -4.81. The van der Waals surface area contributed by atoms with Crippen molar-refractivity contribution < 1.29 is 27.4 Å². The number of hydrogen-bond donors (Lipinski definition) is 0. The van der Waals surface area contributed by atoms with E-state index < -0.39 is 53.5 Å². The van der Waals surface area contributed by atoms with E-state index in [4.69, 9.17) is 0 Å². The lowest BCUT2D eigenvalue weighted by molar-refractivity contribution is -0.407. The molecule has 0 heterocycles. The predicted octanol–water partition coefficient (Wildman–Crippen LogP) is 1.14. The Morgan fingerprint density at radius 1 is 1.00 bits per heavy atom. The molecule has 1 aromatic carbocycles. The zero-order valence-corrected chi connectivity index (χ0v) is 11.1. The van der Waals surface area contributed by atoms with Gasteiger partial charge in [-0.3, -0.25) is 34.5 Å². The molecule has 0 fully saturated rings. The summed E-state index contributed by atoms with van der Waals surface area (Å²) >= 11 is 0. The van der Waals surface area contributed by atoms with Gasteiger partial charge in [0.2, 0.25) is 4.90 Å². The van der Waals surface area contributed by atoms with Gasteiger partial charge in [0.05, 0.1) is 33.5 Å². The molecule has 0 aliphatic rings. The molecule has 0 aliphatic carbocycles. The smallest absolute Gasteiger partial charge is 0.266 e. The minimum absolute atomic E-state index is 0.318. The summed E-state index contributed by atoms with van der Waals surface area (Å²) in [6.45, 7) is 0.828. The van der Waals surface area contributed by atoms with Gasteiger partial charge in [0.25, 0.3) is 5.69 Å². The fraction of sp³-hybridized carbons (Fsp3) is 0.250. The van der Waals surface area contributed by atoms with E-state index in [1.807, 2.05) is 0 Å². The molecule has 0 saturated heterocycles. The van der Waals surface area contributed by atoms with Gasteiger partial charge in [-0.2, -0.15) is 8.42 Å². The highest BCUT2D eigenvalue weighted by molar-refractivity contribution is 7.87. The van der Waals surface area contributed by atoms with Crippen LogP contribution in [0, 0.1) is 30.3 Å². The average Bonchev–Trinajstić information content (AvgIpc) is 2.36. The van der Waals surface area contributed by atoms with Crippen molar-refractivity contribution in [3.63, 3.8) is 0 Å². The van der Waals surface area contributed by atoms with Gasteiger partial charge in [0.15, 0.2) is 0 Å². The molecule has 12 nitrogen and oxygen atoms in total. The number of benzene rings is 1. The van der Waals surface area contributed by atoms with E-state index in [9.17, 15) is 38.8 Å². The highest BCUT2D eigenvalue weighted by Gasteiger charge is 2.39. The number of non-ortho nitro benzene ring substituents is 1. The van der Waals surface area contributed by atoms with Crippen molar-refractivity contribution in [2.24, 2.45) is 0 Å². The van der Waals surface area contributed by atoms with Crippen molar-refractivity contribution in [1.29, 1.82) is 0 Å². The number of nitrogens with zero attached hydrogens (tertiary/aromatic N) is 3. The van der Waals surface area contributed by atoms with Crippen LogP contribution in [0.4, 0.5) is 17.1 Å². The molecule has 0 atom stereocenters. The van der Waals surface area contributed by atoms with E-state index in [0.717, 1.165) is 0 Å². The maximum Gasteiger partial charge on any atom is 0.310 e. The first kappa shape index (κ1) is 16.4. The SMILES string of the molecule is CCOS(=O)(=O)c1c([N+](=O)[O-])cc([N+](=O)[O-])cc1[N+](=O)[O-]. The summed E-state index contributed by atoms with van der Waals surface area (Å²) in [6, 6.07) is 0.637. The fourth-order valence-electron chi connectivity index (χ4n) is 1.43. The first-order valence-corrected chi connectivity index (χ1v) is 6.53. The largest absolute Gasteiger partial charge is 0.310 e. The molecule has 114 valence electrons. The lowest BCUT2D eigenvalue weighted by Crippen LogP contribution is -2.12. The Hall–Kier alpha value is -2.67. The molecule has 0 amide bonds. The van der Waals surface area contributed by atoms with Gasteiger partial charge in [0, 0.05) is 0 Å². The Bertz CT molecular complexity index is 692. The lowest BCUT2D eigenvalue weighted by atomic mass is 10.2. The molecular weight excluding hydrogens is 314 g/mol. The average molecular weight is 321 g/mol. The topological polar surface area (TPSA) is 173 Å². The van der Waals surface area contributed by atoms with Gasteiger partial charge < -0.3 is 0 Å². The maximum atomic E-state index is 11.8. The van der Waals surface area contributed by atoms with Gasteiger partial charge in [-0.15, -0.1) is 0 Å². The summed E-state index contributed by atoms with van der Waals surface area (Å²) in [6.07, 6.45) is 0. The minimum atomic E-state index is -4.81. The van der Waals surface area contributed by atoms with Crippen LogP contribution in [0.2, 0.25) is 0 Å². The summed E-state index contributed by atoms with van der Waals surface area (Å²) in [5, 5.41) is 32.3. The van der Waals surface area contributed by atoms with Gasteiger partial charge in [-0.05, 0) is 6.92 Å². The number of rotatable bonds is 6. The Morgan fingerprint density at radius 3 is 1.71 bits per heavy atom. The first-order valence-electron chi connectivity index (χ1n) is 5.12. The van der Waals surface area contributed by atoms with Crippen LogP contribution < -0.4 is 0 Å². The number of nitro benzene ring substituents is 3. The monoisotopic (exact) mass is 321 g/mol. The van der Waals surface area contributed by atoms with Crippen LogP contribution in [0.1, 0.15) is 6.92 Å². The van der Waals surface area contributed by atoms with Crippen molar-refractivity contribution >= 4 is 27.2 Å². The lowest BCUT2D eigenvalue weighted by Gasteiger charge is -2.05. The second-order valence-electron chi connectivity index (χ2n) is 3.45. The van der Waals surface area contributed by atoms with E-state index in [-0.39, 0.29) is 0 Å². The van der Waals surface area contributed by atoms with Gasteiger partial charge >= 0.3 is 21.5 Å². The molecule has 0 bridgehead atoms. The van der Waals surface area contributed by atoms with Crippen LogP contribution in [0.25, 0.3) is 0 Å². The molecule has 0 N–H and O–H groups in total. The number of nitro groups is 3. The van der Waals surface area contributed by atoms with E-state index in [2.05, 4.69) is 4.18 Å². The normalized spacial score (nSPS) is 11.1. The zero-order chi connectivity index (χ0) is 16.4.